The number of benzene rings is 1. The van der Waals surface area contributed by atoms with E-state index in [4.69, 9.17) is 4.98 Å². The standard InChI is InChI=1S/C29H32N6O4/c36-18-34(23-9-10-23)27-17-26(25-11-14-30-28(25)32-27)19-1-5-21(6-2-19)31-22-12-15-33(16-13-22)29(37)20-3-7-24(8-4-20)35(38)39/h1,3-4,7-8,11,14,17-18,21-23,31H,2,5-6,9-10,12-13,15-16H2,(H,30,32). The molecule has 1 aromatic carbocycles. The number of carbonyl (C=O) groups excluding carboxylic acids is 2. The Morgan fingerprint density at radius 3 is 2.51 bits per heavy atom. The number of aromatic amines is 1. The van der Waals surface area contributed by atoms with Gasteiger partial charge in [-0.2, -0.15) is 0 Å². The number of anilines is 1. The molecule has 0 spiro atoms. The number of carbonyl (C=O) groups is 2. The molecular formula is C29H32N6O4. The van der Waals surface area contributed by atoms with Crippen molar-refractivity contribution in [1.29, 1.82) is 0 Å². The van der Waals surface area contributed by atoms with Gasteiger partial charge in [0, 0.05) is 60.5 Å². The summed E-state index contributed by atoms with van der Waals surface area (Å²) in [6.07, 6.45) is 11.8. The van der Waals surface area contributed by atoms with Gasteiger partial charge in [-0.15, -0.1) is 0 Å². The Bertz CT molecular complexity index is 1420. The van der Waals surface area contributed by atoms with Gasteiger partial charge in [0.25, 0.3) is 11.6 Å². The lowest BCUT2D eigenvalue weighted by atomic mass is 9.89. The van der Waals surface area contributed by atoms with Crippen LogP contribution in [-0.2, 0) is 4.79 Å². The van der Waals surface area contributed by atoms with Crippen molar-refractivity contribution in [3.05, 3.63) is 69.9 Å². The van der Waals surface area contributed by atoms with E-state index in [2.05, 4.69) is 28.5 Å². The number of nitrogens with zero attached hydrogens (tertiary/aromatic N) is 4. The predicted octanol–water partition coefficient (Wildman–Crippen LogP) is 4.43. The van der Waals surface area contributed by atoms with Crippen LogP contribution in [0.1, 0.15) is 60.9 Å². The van der Waals surface area contributed by atoms with Crippen LogP contribution in [0.15, 0.2) is 48.7 Å². The SMILES string of the molecule is O=CN(c1cc(C2=CCC(NC3CCN(C(=O)c4ccc([N+](=O)[O-])cc4)CC3)CC2)c2cc[nH]c2n1)C1CC1. The van der Waals surface area contributed by atoms with E-state index in [-0.39, 0.29) is 17.6 Å². The second kappa shape index (κ2) is 10.6. The van der Waals surface area contributed by atoms with Gasteiger partial charge in [-0.25, -0.2) is 4.98 Å². The van der Waals surface area contributed by atoms with Gasteiger partial charge in [0.1, 0.15) is 11.5 Å². The molecular weight excluding hydrogens is 496 g/mol. The zero-order chi connectivity index (χ0) is 26.9. The smallest absolute Gasteiger partial charge is 0.269 e. The summed E-state index contributed by atoms with van der Waals surface area (Å²) in [7, 11) is 0. The van der Waals surface area contributed by atoms with Gasteiger partial charge in [-0.3, -0.25) is 24.6 Å². The van der Waals surface area contributed by atoms with E-state index >= 15 is 0 Å². The summed E-state index contributed by atoms with van der Waals surface area (Å²) in [6, 6.07) is 11.0. The average Bonchev–Trinajstić information content (AvgIpc) is 3.69. The van der Waals surface area contributed by atoms with E-state index in [1.54, 1.807) is 4.90 Å². The number of hydrogen-bond acceptors (Lipinski definition) is 6. The van der Waals surface area contributed by atoms with Gasteiger partial charge in [0.2, 0.25) is 6.41 Å². The molecule has 1 unspecified atom stereocenters. The molecule has 1 saturated carbocycles. The maximum Gasteiger partial charge on any atom is 0.269 e. The van der Waals surface area contributed by atoms with Crippen molar-refractivity contribution in [3.63, 3.8) is 0 Å². The minimum atomic E-state index is -0.458. The highest BCUT2D eigenvalue weighted by Crippen LogP contribution is 2.36. The van der Waals surface area contributed by atoms with Crippen molar-refractivity contribution in [3.8, 4) is 0 Å². The number of amides is 2. The Morgan fingerprint density at radius 1 is 1.10 bits per heavy atom. The molecule has 0 radical (unpaired) electrons. The molecule has 2 aromatic heterocycles. The van der Waals surface area contributed by atoms with Crippen molar-refractivity contribution in [2.24, 2.45) is 0 Å². The summed E-state index contributed by atoms with van der Waals surface area (Å²) in [5.74, 6) is 0.643. The lowest BCUT2D eigenvalue weighted by Crippen LogP contribution is -2.48. The van der Waals surface area contributed by atoms with E-state index in [1.165, 1.54) is 29.8 Å². The molecule has 3 aliphatic rings. The minimum absolute atomic E-state index is 0.0118. The van der Waals surface area contributed by atoms with Gasteiger partial charge >= 0.3 is 0 Å². The summed E-state index contributed by atoms with van der Waals surface area (Å²) >= 11 is 0. The highest BCUT2D eigenvalue weighted by molar-refractivity contribution is 5.95. The molecule has 2 N–H and O–H groups in total. The van der Waals surface area contributed by atoms with E-state index in [1.807, 2.05) is 11.1 Å². The Morgan fingerprint density at radius 2 is 1.87 bits per heavy atom. The molecule has 3 heterocycles. The quantitative estimate of drug-likeness (QED) is 0.253. The summed E-state index contributed by atoms with van der Waals surface area (Å²) in [4.78, 5) is 46.5. The van der Waals surface area contributed by atoms with Crippen molar-refractivity contribution in [2.75, 3.05) is 18.0 Å². The van der Waals surface area contributed by atoms with Crippen LogP contribution in [0.5, 0.6) is 0 Å². The summed E-state index contributed by atoms with van der Waals surface area (Å²) < 4.78 is 0. The minimum Gasteiger partial charge on any atom is -0.346 e. The average molecular weight is 529 g/mol. The fourth-order valence-corrected chi connectivity index (χ4v) is 5.82. The third-order valence-electron chi connectivity index (χ3n) is 8.17. The van der Waals surface area contributed by atoms with Crippen LogP contribution in [0.3, 0.4) is 0 Å². The van der Waals surface area contributed by atoms with Crippen LogP contribution < -0.4 is 10.2 Å². The Labute approximate surface area is 226 Å². The first-order valence-electron chi connectivity index (χ1n) is 13.7. The number of nitro groups is 1. The fourth-order valence-electron chi connectivity index (χ4n) is 5.82. The van der Waals surface area contributed by atoms with Crippen molar-refractivity contribution < 1.29 is 14.5 Å². The van der Waals surface area contributed by atoms with Gasteiger partial charge < -0.3 is 15.2 Å². The molecule has 3 aromatic rings. The molecule has 2 aliphatic carbocycles. The predicted molar refractivity (Wildman–Crippen MR) is 148 cm³/mol. The number of piperidine rings is 1. The summed E-state index contributed by atoms with van der Waals surface area (Å²) in [5, 5.41) is 15.8. The Kier molecular flexibility index (Phi) is 6.86. The third kappa shape index (κ3) is 5.29. The van der Waals surface area contributed by atoms with E-state index < -0.39 is 4.92 Å². The van der Waals surface area contributed by atoms with Gasteiger partial charge in [0.05, 0.1) is 4.92 Å². The van der Waals surface area contributed by atoms with Crippen LogP contribution in [-0.4, -0.2) is 63.3 Å². The number of likely N-dealkylation sites (tertiary alicyclic amines) is 1. The van der Waals surface area contributed by atoms with Crippen LogP contribution in [0, 0.1) is 10.1 Å². The molecule has 10 nitrogen and oxygen atoms in total. The molecule has 1 saturated heterocycles. The number of H-pyrrole nitrogens is 1. The van der Waals surface area contributed by atoms with Gasteiger partial charge in [0.15, 0.2) is 0 Å². The number of fused-ring (bicyclic) bond motifs is 1. The number of pyridine rings is 1. The van der Waals surface area contributed by atoms with E-state index in [0.29, 0.717) is 36.6 Å². The van der Waals surface area contributed by atoms with Crippen LogP contribution in [0.25, 0.3) is 16.6 Å². The molecule has 2 fully saturated rings. The number of aromatic nitrogens is 2. The van der Waals surface area contributed by atoms with Gasteiger partial charge in [-0.1, -0.05) is 6.08 Å². The molecule has 202 valence electrons. The summed E-state index contributed by atoms with van der Waals surface area (Å²) in [6.45, 7) is 1.33. The molecule has 2 amide bonds. The van der Waals surface area contributed by atoms with E-state index in [9.17, 15) is 19.7 Å². The number of nitro benzene ring substituents is 1. The maximum atomic E-state index is 12.8. The van der Waals surface area contributed by atoms with Crippen LogP contribution in [0.2, 0.25) is 0 Å². The molecule has 1 aliphatic heterocycles. The number of allylic oxidation sites excluding steroid dienone is 1. The molecule has 1 atom stereocenters. The van der Waals surface area contributed by atoms with E-state index in [0.717, 1.165) is 68.0 Å². The first-order chi connectivity index (χ1) is 19.0. The molecule has 0 bridgehead atoms. The van der Waals surface area contributed by atoms with Gasteiger partial charge in [-0.05, 0) is 80.3 Å². The molecule has 6 rings (SSSR count). The Balaban J connectivity index is 1.06. The normalized spacial score (nSPS) is 20.1. The molecule has 39 heavy (non-hydrogen) atoms. The van der Waals surface area contributed by atoms with Crippen molar-refractivity contribution >= 4 is 40.4 Å². The lowest BCUT2D eigenvalue weighted by Gasteiger charge is -2.35. The number of rotatable bonds is 8. The highest BCUT2D eigenvalue weighted by Gasteiger charge is 2.31. The zero-order valence-corrected chi connectivity index (χ0v) is 21.7. The third-order valence-corrected chi connectivity index (χ3v) is 8.17. The van der Waals surface area contributed by atoms with Crippen LogP contribution >= 0.6 is 0 Å². The first-order valence-corrected chi connectivity index (χ1v) is 13.7. The number of nitrogens with one attached hydrogen (secondary N) is 2. The highest BCUT2D eigenvalue weighted by atomic mass is 16.6. The second-order valence-electron chi connectivity index (χ2n) is 10.7. The second-order valence-corrected chi connectivity index (χ2v) is 10.7. The topological polar surface area (TPSA) is 124 Å². The Hall–Kier alpha value is -4.05. The monoisotopic (exact) mass is 528 g/mol. The lowest BCUT2D eigenvalue weighted by molar-refractivity contribution is -0.384. The zero-order valence-electron chi connectivity index (χ0n) is 21.7. The summed E-state index contributed by atoms with van der Waals surface area (Å²) in [5.41, 5.74) is 3.74. The molecule has 10 heteroatoms. The number of hydrogen-bond donors (Lipinski definition) is 2. The number of non-ortho nitro benzene ring substituents is 1. The maximum absolute atomic E-state index is 12.8. The van der Waals surface area contributed by atoms with Crippen molar-refractivity contribution in [1.82, 2.24) is 20.2 Å². The largest absolute Gasteiger partial charge is 0.346 e. The van der Waals surface area contributed by atoms with Crippen molar-refractivity contribution in [2.45, 2.75) is 63.1 Å². The van der Waals surface area contributed by atoms with Crippen LogP contribution in [0.4, 0.5) is 11.5 Å². The first kappa shape index (κ1) is 25.2. The fraction of sp³-hybridized carbons (Fsp3) is 0.414.